The minimum Gasteiger partial charge on any atom is -0.282 e. The molecule has 0 fully saturated rings. The highest BCUT2D eigenvalue weighted by Gasteiger charge is 2.26. The smallest absolute Gasteiger partial charge is 0.282 e. The van der Waals surface area contributed by atoms with Gasteiger partial charge in [-0.15, -0.1) is 0 Å². The van der Waals surface area contributed by atoms with Crippen molar-refractivity contribution in [2.24, 2.45) is 5.14 Å². The van der Waals surface area contributed by atoms with Gasteiger partial charge in [-0.2, -0.15) is 8.42 Å². The van der Waals surface area contributed by atoms with E-state index in [-0.39, 0.29) is 10.0 Å². The normalized spacial score (nSPS) is 12.4. The van der Waals surface area contributed by atoms with Gasteiger partial charge in [0.25, 0.3) is 10.1 Å². The van der Waals surface area contributed by atoms with E-state index in [1.807, 2.05) is 0 Å². The van der Waals surface area contributed by atoms with Crippen LogP contribution in [0, 0.1) is 5.82 Å². The third-order valence-corrected chi connectivity index (χ3v) is 5.31. The van der Waals surface area contributed by atoms with Crippen LogP contribution in [0.4, 0.5) is 4.39 Å². The van der Waals surface area contributed by atoms with Crippen molar-refractivity contribution in [3.63, 3.8) is 0 Å². The summed E-state index contributed by atoms with van der Waals surface area (Å²) in [6.07, 6.45) is 0. The Labute approximate surface area is 134 Å². The highest BCUT2D eigenvalue weighted by molar-refractivity contribution is 9.10. The van der Waals surface area contributed by atoms with Gasteiger partial charge in [0.15, 0.2) is 0 Å². The SMILES string of the molecule is NS(=O)(=O)c1cccc(S(=O)(=O)O)c1-c1cc(F)ccc1Br. The zero-order valence-electron chi connectivity index (χ0n) is 10.7. The molecule has 0 aliphatic rings. The summed E-state index contributed by atoms with van der Waals surface area (Å²) >= 11 is 3.09. The molecule has 6 nitrogen and oxygen atoms in total. The number of hydrogen-bond donors (Lipinski definition) is 2. The van der Waals surface area contributed by atoms with E-state index in [1.165, 1.54) is 6.07 Å². The first kappa shape index (κ1) is 17.0. The van der Waals surface area contributed by atoms with Crippen LogP contribution in [0.3, 0.4) is 0 Å². The molecule has 0 bridgehead atoms. The summed E-state index contributed by atoms with van der Waals surface area (Å²) in [4.78, 5) is -1.24. The van der Waals surface area contributed by atoms with Crippen LogP contribution in [-0.2, 0) is 20.1 Å². The fourth-order valence-electron chi connectivity index (χ4n) is 1.92. The van der Waals surface area contributed by atoms with E-state index in [4.69, 9.17) is 5.14 Å². The second kappa shape index (κ2) is 5.70. The van der Waals surface area contributed by atoms with Crippen molar-refractivity contribution in [3.05, 3.63) is 46.7 Å². The molecule has 0 saturated heterocycles. The Bertz CT molecular complexity index is 907. The highest BCUT2D eigenvalue weighted by atomic mass is 79.9. The van der Waals surface area contributed by atoms with Gasteiger partial charge in [0, 0.05) is 15.6 Å². The Morgan fingerprint density at radius 3 is 2.18 bits per heavy atom. The molecular weight excluding hydrogens is 401 g/mol. The van der Waals surface area contributed by atoms with E-state index in [9.17, 15) is 25.8 Å². The molecule has 0 amide bonds. The Morgan fingerprint density at radius 1 is 1.05 bits per heavy atom. The maximum atomic E-state index is 13.5. The fourth-order valence-corrected chi connectivity index (χ4v) is 3.93. The lowest BCUT2D eigenvalue weighted by atomic mass is 10.1. The van der Waals surface area contributed by atoms with Crippen LogP contribution in [0.5, 0.6) is 0 Å². The van der Waals surface area contributed by atoms with Crippen LogP contribution < -0.4 is 5.14 Å². The standard InChI is InChI=1S/C12H9BrFNO5S2/c13-9-5-4-7(14)6-8(9)12-10(21(15,16)17)2-1-3-11(12)22(18,19)20/h1-6H,(H2,15,16,17)(H,18,19,20). The van der Waals surface area contributed by atoms with Gasteiger partial charge in [0.1, 0.15) is 10.7 Å². The van der Waals surface area contributed by atoms with Crippen LogP contribution >= 0.6 is 15.9 Å². The summed E-state index contributed by atoms with van der Waals surface area (Å²) in [5.41, 5.74) is -0.476. The van der Waals surface area contributed by atoms with Gasteiger partial charge >= 0.3 is 0 Å². The van der Waals surface area contributed by atoms with Crippen LogP contribution in [-0.4, -0.2) is 21.4 Å². The number of primary sulfonamides is 1. The Morgan fingerprint density at radius 2 is 1.64 bits per heavy atom. The van der Waals surface area contributed by atoms with E-state index in [0.29, 0.717) is 0 Å². The Hall–Kier alpha value is -1.33. The topological polar surface area (TPSA) is 115 Å². The molecule has 2 aromatic rings. The molecule has 0 radical (unpaired) electrons. The van der Waals surface area contributed by atoms with Gasteiger partial charge in [0.05, 0.1) is 4.90 Å². The van der Waals surface area contributed by atoms with Gasteiger partial charge in [0.2, 0.25) is 10.0 Å². The average Bonchev–Trinajstić information content (AvgIpc) is 2.38. The molecule has 0 aliphatic heterocycles. The van der Waals surface area contributed by atoms with E-state index in [2.05, 4.69) is 15.9 Å². The molecule has 0 unspecified atom stereocenters. The molecule has 2 aromatic carbocycles. The predicted molar refractivity (Wildman–Crippen MR) is 80.7 cm³/mol. The number of hydrogen-bond acceptors (Lipinski definition) is 4. The molecule has 3 N–H and O–H groups in total. The summed E-state index contributed by atoms with van der Waals surface area (Å²) in [5.74, 6) is -0.719. The molecule has 0 aliphatic carbocycles. The molecular formula is C12H9BrFNO5S2. The molecule has 2 rings (SSSR count). The van der Waals surface area contributed by atoms with Crippen molar-refractivity contribution in [1.82, 2.24) is 0 Å². The fraction of sp³-hybridized carbons (Fsp3) is 0. The first-order valence-corrected chi connectivity index (χ1v) is 9.38. The molecule has 118 valence electrons. The lowest BCUT2D eigenvalue weighted by Crippen LogP contribution is -2.15. The van der Waals surface area contributed by atoms with Gasteiger partial charge in [-0.05, 0) is 30.3 Å². The quantitative estimate of drug-likeness (QED) is 0.753. The number of nitrogens with two attached hydrogens (primary N) is 1. The summed E-state index contributed by atoms with van der Waals surface area (Å²) in [7, 11) is -9.07. The second-order valence-corrected chi connectivity index (χ2v) is 8.05. The molecule has 0 atom stereocenters. The van der Waals surface area contributed by atoms with Crippen LogP contribution in [0.25, 0.3) is 11.1 Å². The summed E-state index contributed by atoms with van der Waals surface area (Å²) in [6.45, 7) is 0. The van der Waals surface area contributed by atoms with Crippen molar-refractivity contribution in [3.8, 4) is 11.1 Å². The Kier molecular flexibility index (Phi) is 4.42. The maximum absolute atomic E-state index is 13.5. The van der Waals surface area contributed by atoms with Crippen molar-refractivity contribution < 1.29 is 25.8 Å². The highest BCUT2D eigenvalue weighted by Crippen LogP contribution is 2.37. The van der Waals surface area contributed by atoms with Crippen molar-refractivity contribution in [1.29, 1.82) is 0 Å². The maximum Gasteiger partial charge on any atom is 0.295 e. The van der Waals surface area contributed by atoms with Crippen LogP contribution in [0.1, 0.15) is 0 Å². The summed E-state index contributed by atoms with van der Waals surface area (Å²) in [5, 5.41) is 5.08. The number of benzene rings is 2. The van der Waals surface area contributed by atoms with E-state index in [0.717, 1.165) is 30.3 Å². The van der Waals surface area contributed by atoms with Crippen molar-refractivity contribution >= 4 is 36.1 Å². The lowest BCUT2D eigenvalue weighted by Gasteiger charge is -2.13. The number of halogens is 2. The van der Waals surface area contributed by atoms with Crippen LogP contribution in [0.2, 0.25) is 0 Å². The molecule has 22 heavy (non-hydrogen) atoms. The zero-order chi connectivity index (χ0) is 16.7. The second-order valence-electron chi connectivity index (χ2n) is 4.27. The van der Waals surface area contributed by atoms with Gasteiger partial charge < -0.3 is 0 Å². The van der Waals surface area contributed by atoms with Crippen molar-refractivity contribution in [2.75, 3.05) is 0 Å². The number of sulfonamides is 1. The third kappa shape index (κ3) is 3.36. The number of rotatable bonds is 3. The van der Waals surface area contributed by atoms with E-state index < -0.39 is 41.3 Å². The zero-order valence-corrected chi connectivity index (χ0v) is 13.9. The largest absolute Gasteiger partial charge is 0.295 e. The average molecular weight is 410 g/mol. The monoisotopic (exact) mass is 409 g/mol. The van der Waals surface area contributed by atoms with Gasteiger partial charge in [-0.25, -0.2) is 17.9 Å². The lowest BCUT2D eigenvalue weighted by molar-refractivity contribution is 0.483. The minimum atomic E-state index is -4.76. The summed E-state index contributed by atoms with van der Waals surface area (Å²) < 4.78 is 69.4. The van der Waals surface area contributed by atoms with Crippen LogP contribution in [0.15, 0.2) is 50.7 Å². The van der Waals surface area contributed by atoms with Gasteiger partial charge in [-0.1, -0.05) is 22.0 Å². The first-order valence-electron chi connectivity index (χ1n) is 5.60. The van der Waals surface area contributed by atoms with Gasteiger partial charge in [-0.3, -0.25) is 4.55 Å². The molecule has 0 saturated carbocycles. The minimum absolute atomic E-state index is 0.0720. The molecule has 10 heteroatoms. The third-order valence-electron chi connectivity index (χ3n) is 2.77. The van der Waals surface area contributed by atoms with E-state index in [1.54, 1.807) is 0 Å². The van der Waals surface area contributed by atoms with Crippen molar-refractivity contribution in [2.45, 2.75) is 9.79 Å². The molecule has 0 spiro atoms. The predicted octanol–water partition coefficient (Wildman–Crippen LogP) is 2.15. The first-order chi connectivity index (χ1) is 10.0. The van der Waals surface area contributed by atoms with E-state index >= 15 is 0 Å². The molecule has 0 aromatic heterocycles. The Balaban J connectivity index is 3.03. The summed E-state index contributed by atoms with van der Waals surface area (Å²) in [6, 6.07) is 6.48. The molecule has 0 heterocycles.